The van der Waals surface area contributed by atoms with Crippen molar-refractivity contribution >= 4 is 17.4 Å². The molecule has 1 aromatic carbocycles. The standard InChI is InChI=1S/C34H43N3S/c1-4-9-29(22-26(3)35)24-36-20-18-28(19-21-36)23-27-14-16-30(17-15-27)37-31-11-6-5-7-12-32(31)38-33-13-8-10-25(2)34(33)37/h4,6-7,9,11-12,14-17,22,25,28H,1,5,8,10,13,18-21,23-24,35H2,2-3H3/b26-22+,29-9+. The average molecular weight is 526 g/mol. The van der Waals surface area contributed by atoms with E-state index in [1.54, 1.807) is 4.91 Å². The van der Waals surface area contributed by atoms with Crippen LogP contribution in [0.5, 0.6) is 0 Å². The fourth-order valence-corrected chi connectivity index (χ4v) is 7.62. The molecule has 1 fully saturated rings. The third-order valence-corrected chi connectivity index (χ3v) is 9.38. The molecule has 2 aliphatic carbocycles. The molecule has 0 radical (unpaired) electrons. The number of nitrogens with zero attached hydrogens (tertiary/aromatic N) is 2. The van der Waals surface area contributed by atoms with Gasteiger partial charge in [-0.2, -0.15) is 0 Å². The van der Waals surface area contributed by atoms with Crippen LogP contribution >= 0.6 is 11.8 Å². The fraction of sp³-hybridized carbons (Fsp3) is 0.412. The smallest absolute Gasteiger partial charge is 0.0595 e. The molecule has 200 valence electrons. The third kappa shape index (κ3) is 6.30. The summed E-state index contributed by atoms with van der Waals surface area (Å²) in [5.74, 6) is 1.34. The molecule has 0 spiro atoms. The number of allylic oxidation sites excluding steroid dienone is 9. The second-order valence-corrected chi connectivity index (χ2v) is 12.4. The molecule has 2 N–H and O–H groups in total. The maximum Gasteiger partial charge on any atom is 0.0595 e. The molecule has 2 heterocycles. The van der Waals surface area contributed by atoms with E-state index in [1.807, 2.05) is 24.8 Å². The van der Waals surface area contributed by atoms with Crippen LogP contribution in [0.25, 0.3) is 0 Å². The Hall–Kier alpha value is -2.69. The highest BCUT2D eigenvalue weighted by atomic mass is 32.2. The summed E-state index contributed by atoms with van der Waals surface area (Å²) < 4.78 is 0. The topological polar surface area (TPSA) is 32.5 Å². The molecule has 4 aliphatic rings. The molecule has 38 heavy (non-hydrogen) atoms. The maximum absolute atomic E-state index is 5.93. The van der Waals surface area contributed by atoms with Gasteiger partial charge in [0.15, 0.2) is 0 Å². The van der Waals surface area contributed by atoms with E-state index < -0.39 is 0 Å². The number of rotatable bonds is 7. The van der Waals surface area contributed by atoms with Gasteiger partial charge < -0.3 is 10.6 Å². The second-order valence-electron chi connectivity index (χ2n) is 11.3. The van der Waals surface area contributed by atoms with E-state index in [9.17, 15) is 0 Å². The summed E-state index contributed by atoms with van der Waals surface area (Å²) in [6.45, 7) is 11.5. The molecule has 1 atom stereocenters. The summed E-state index contributed by atoms with van der Waals surface area (Å²) in [4.78, 5) is 8.09. The molecular formula is C34H43N3S. The summed E-state index contributed by atoms with van der Waals surface area (Å²) in [5, 5.41) is 0. The van der Waals surface area contributed by atoms with Gasteiger partial charge in [0.2, 0.25) is 0 Å². The molecule has 1 aromatic rings. The molecule has 0 saturated carbocycles. The Morgan fingerprint density at radius 3 is 2.61 bits per heavy atom. The lowest BCUT2D eigenvalue weighted by Gasteiger charge is -2.40. The highest BCUT2D eigenvalue weighted by molar-refractivity contribution is 8.07. The van der Waals surface area contributed by atoms with Crippen LogP contribution in [0.1, 0.15) is 57.9 Å². The number of hydrogen-bond donors (Lipinski definition) is 1. The number of anilines is 1. The largest absolute Gasteiger partial charge is 0.402 e. The Balaban J connectivity index is 1.26. The minimum atomic E-state index is 0.594. The maximum atomic E-state index is 5.93. The van der Waals surface area contributed by atoms with Crippen molar-refractivity contribution in [3.8, 4) is 0 Å². The zero-order chi connectivity index (χ0) is 26.5. The zero-order valence-corrected chi connectivity index (χ0v) is 24.0. The van der Waals surface area contributed by atoms with Gasteiger partial charge >= 0.3 is 0 Å². The van der Waals surface area contributed by atoms with Gasteiger partial charge in [0.1, 0.15) is 0 Å². The molecule has 2 aliphatic heterocycles. The number of piperidine rings is 1. The monoisotopic (exact) mass is 525 g/mol. The molecule has 1 unspecified atom stereocenters. The summed E-state index contributed by atoms with van der Waals surface area (Å²) in [5.41, 5.74) is 13.7. The summed E-state index contributed by atoms with van der Waals surface area (Å²) in [6.07, 6.45) is 23.8. The van der Waals surface area contributed by atoms with Gasteiger partial charge in [0.05, 0.1) is 5.70 Å². The first-order valence-corrected chi connectivity index (χ1v) is 15.2. The Labute approximate surface area is 234 Å². The van der Waals surface area contributed by atoms with Gasteiger partial charge in [-0.15, -0.1) is 0 Å². The van der Waals surface area contributed by atoms with E-state index in [0.717, 1.165) is 37.7 Å². The van der Waals surface area contributed by atoms with Crippen molar-refractivity contribution in [1.82, 2.24) is 4.90 Å². The number of likely N-dealkylation sites (tertiary alicyclic amines) is 1. The lowest BCUT2D eigenvalue weighted by Crippen LogP contribution is -2.35. The SMILES string of the molecule is C=C/C=C(\C=C(/C)N)CN1CCC(Cc2ccc(N3C4=C(C=CCC=C4)SC4=C3C(C)CCC4)cc2)CC1. The predicted molar refractivity (Wildman–Crippen MR) is 166 cm³/mol. The van der Waals surface area contributed by atoms with E-state index >= 15 is 0 Å². The first-order chi connectivity index (χ1) is 18.5. The Kier molecular flexibility index (Phi) is 8.81. The number of nitrogens with two attached hydrogens (primary N) is 1. The summed E-state index contributed by atoms with van der Waals surface area (Å²) in [6, 6.07) is 9.50. The van der Waals surface area contributed by atoms with Crippen LogP contribution in [0.4, 0.5) is 5.69 Å². The quantitative estimate of drug-likeness (QED) is 0.363. The zero-order valence-electron chi connectivity index (χ0n) is 23.2. The van der Waals surface area contributed by atoms with Gasteiger partial charge in [0, 0.05) is 33.4 Å². The minimum Gasteiger partial charge on any atom is -0.402 e. The van der Waals surface area contributed by atoms with Gasteiger partial charge in [-0.05, 0) is 118 Å². The van der Waals surface area contributed by atoms with E-state index in [-0.39, 0.29) is 0 Å². The van der Waals surface area contributed by atoms with E-state index in [2.05, 4.69) is 84.0 Å². The van der Waals surface area contributed by atoms with Crippen molar-refractivity contribution in [2.24, 2.45) is 17.6 Å². The molecular weight excluding hydrogens is 482 g/mol. The molecule has 5 rings (SSSR count). The van der Waals surface area contributed by atoms with Crippen molar-refractivity contribution in [3.05, 3.63) is 111 Å². The van der Waals surface area contributed by atoms with Crippen molar-refractivity contribution in [1.29, 1.82) is 0 Å². The van der Waals surface area contributed by atoms with Crippen molar-refractivity contribution in [2.45, 2.75) is 58.8 Å². The Bertz CT molecular complexity index is 1200. The number of hydrogen-bond acceptors (Lipinski definition) is 4. The number of thioether (sulfide) groups is 1. The molecule has 0 bridgehead atoms. The lowest BCUT2D eigenvalue weighted by atomic mass is 9.89. The highest BCUT2D eigenvalue weighted by Crippen LogP contribution is 2.50. The van der Waals surface area contributed by atoms with Gasteiger partial charge in [-0.25, -0.2) is 0 Å². The highest BCUT2D eigenvalue weighted by Gasteiger charge is 2.33. The minimum absolute atomic E-state index is 0.594. The number of benzene rings is 1. The van der Waals surface area contributed by atoms with E-state index in [4.69, 9.17) is 5.73 Å². The van der Waals surface area contributed by atoms with Gasteiger partial charge in [0.25, 0.3) is 0 Å². The normalized spacial score (nSPS) is 23.4. The third-order valence-electron chi connectivity index (χ3n) is 8.16. The van der Waals surface area contributed by atoms with Crippen LogP contribution in [-0.4, -0.2) is 24.5 Å². The molecule has 4 heteroatoms. The molecule has 0 aromatic heterocycles. The van der Waals surface area contributed by atoms with Crippen molar-refractivity contribution in [3.63, 3.8) is 0 Å². The Morgan fingerprint density at radius 1 is 1.11 bits per heavy atom. The van der Waals surface area contributed by atoms with Crippen molar-refractivity contribution in [2.75, 3.05) is 24.5 Å². The predicted octanol–water partition coefficient (Wildman–Crippen LogP) is 8.23. The molecule has 0 amide bonds. The van der Waals surface area contributed by atoms with Crippen molar-refractivity contribution < 1.29 is 0 Å². The van der Waals surface area contributed by atoms with Crippen LogP contribution in [0, 0.1) is 11.8 Å². The summed E-state index contributed by atoms with van der Waals surface area (Å²) >= 11 is 2.01. The van der Waals surface area contributed by atoms with Crippen LogP contribution in [0.15, 0.2) is 106 Å². The molecule has 1 saturated heterocycles. The van der Waals surface area contributed by atoms with Gasteiger partial charge in [-0.3, -0.25) is 4.90 Å². The lowest BCUT2D eigenvalue weighted by molar-refractivity contribution is 0.198. The molecule has 3 nitrogen and oxygen atoms in total. The van der Waals surface area contributed by atoms with Crippen LogP contribution in [-0.2, 0) is 6.42 Å². The van der Waals surface area contributed by atoms with E-state index in [1.165, 1.54) is 71.6 Å². The first kappa shape index (κ1) is 26.9. The van der Waals surface area contributed by atoms with Gasteiger partial charge in [-0.1, -0.05) is 61.7 Å². The second kappa shape index (κ2) is 12.4. The van der Waals surface area contributed by atoms with Crippen LogP contribution in [0.2, 0.25) is 0 Å². The summed E-state index contributed by atoms with van der Waals surface area (Å²) in [7, 11) is 0. The van der Waals surface area contributed by atoms with E-state index in [0.29, 0.717) is 5.92 Å². The first-order valence-electron chi connectivity index (χ1n) is 14.4. The van der Waals surface area contributed by atoms with Crippen LogP contribution < -0.4 is 10.6 Å². The fourth-order valence-electron chi connectivity index (χ4n) is 6.28. The Morgan fingerprint density at radius 2 is 1.87 bits per heavy atom. The van der Waals surface area contributed by atoms with Crippen LogP contribution in [0.3, 0.4) is 0 Å². The average Bonchev–Trinajstić information content (AvgIpc) is 3.14.